The molecule has 0 spiro atoms. The maximum atomic E-state index is 12.9. The molecule has 1 aromatic rings. The molecule has 1 aliphatic heterocycles. The van der Waals surface area contributed by atoms with Crippen molar-refractivity contribution in [2.24, 2.45) is 29.6 Å². The first-order chi connectivity index (χ1) is 13.0. The van der Waals surface area contributed by atoms with Gasteiger partial charge in [-0.25, -0.2) is 8.42 Å². The van der Waals surface area contributed by atoms with Crippen LogP contribution in [0.2, 0.25) is 0 Å². The summed E-state index contributed by atoms with van der Waals surface area (Å²) in [6.07, 6.45) is 7.88. The average Bonchev–Trinajstić information content (AvgIpc) is 3.20. The molecular formula is C20H28N2O3S2. The third kappa shape index (κ3) is 3.25. The van der Waals surface area contributed by atoms with Crippen molar-refractivity contribution in [3.8, 4) is 0 Å². The number of hydrogen-bond donors (Lipinski definition) is 1. The number of sulfonamides is 1. The molecule has 27 heavy (non-hydrogen) atoms. The second kappa shape index (κ2) is 6.85. The molecule has 5 nitrogen and oxygen atoms in total. The van der Waals surface area contributed by atoms with Gasteiger partial charge in [0, 0.05) is 25.0 Å². The van der Waals surface area contributed by atoms with Gasteiger partial charge in [-0.3, -0.25) is 4.79 Å². The van der Waals surface area contributed by atoms with E-state index in [1.165, 1.54) is 43.4 Å². The van der Waals surface area contributed by atoms with Crippen LogP contribution in [0.3, 0.4) is 0 Å². The number of carbonyl (C=O) groups is 1. The number of thiophene rings is 1. The van der Waals surface area contributed by atoms with Crippen molar-refractivity contribution in [3.63, 3.8) is 0 Å². The highest BCUT2D eigenvalue weighted by Crippen LogP contribution is 2.53. The third-order valence-electron chi connectivity index (χ3n) is 7.45. The Kier molecular flexibility index (Phi) is 4.60. The van der Waals surface area contributed by atoms with E-state index in [9.17, 15) is 13.2 Å². The zero-order valence-electron chi connectivity index (χ0n) is 15.5. The topological polar surface area (TPSA) is 66.5 Å². The molecule has 0 unspecified atom stereocenters. The van der Waals surface area contributed by atoms with Crippen LogP contribution in [-0.2, 0) is 14.8 Å². The van der Waals surface area contributed by atoms with Crippen molar-refractivity contribution in [2.75, 3.05) is 13.1 Å². The van der Waals surface area contributed by atoms with Gasteiger partial charge in [0.15, 0.2) is 0 Å². The summed E-state index contributed by atoms with van der Waals surface area (Å²) in [6.45, 7) is 0.889. The molecule has 4 aliphatic carbocycles. The number of nitrogens with zero attached hydrogens (tertiary/aromatic N) is 1. The van der Waals surface area contributed by atoms with Crippen LogP contribution in [0.5, 0.6) is 0 Å². The second-order valence-electron chi connectivity index (χ2n) is 9.08. The molecule has 1 aromatic heterocycles. The average molecular weight is 409 g/mol. The number of piperidine rings is 1. The zero-order valence-corrected chi connectivity index (χ0v) is 17.2. The van der Waals surface area contributed by atoms with Crippen LogP contribution in [0.25, 0.3) is 0 Å². The van der Waals surface area contributed by atoms with E-state index in [0.717, 1.165) is 11.8 Å². The van der Waals surface area contributed by atoms with Crippen molar-refractivity contribution < 1.29 is 13.2 Å². The Morgan fingerprint density at radius 3 is 2.22 bits per heavy atom. The summed E-state index contributed by atoms with van der Waals surface area (Å²) in [5, 5.41) is 5.20. The van der Waals surface area contributed by atoms with Gasteiger partial charge in [0.25, 0.3) is 10.0 Å². The van der Waals surface area contributed by atoms with Gasteiger partial charge in [0.2, 0.25) is 5.91 Å². The van der Waals surface area contributed by atoms with E-state index in [1.807, 2.05) is 0 Å². The van der Waals surface area contributed by atoms with Crippen molar-refractivity contribution in [3.05, 3.63) is 17.5 Å². The molecule has 1 N–H and O–H groups in total. The zero-order chi connectivity index (χ0) is 18.6. The quantitative estimate of drug-likeness (QED) is 0.833. The second-order valence-corrected chi connectivity index (χ2v) is 12.2. The van der Waals surface area contributed by atoms with Gasteiger partial charge in [-0.15, -0.1) is 11.3 Å². The van der Waals surface area contributed by atoms with Gasteiger partial charge in [0.1, 0.15) is 4.21 Å². The lowest BCUT2D eigenvalue weighted by Gasteiger charge is -2.54. The van der Waals surface area contributed by atoms with E-state index in [4.69, 9.17) is 0 Å². The number of hydrogen-bond acceptors (Lipinski definition) is 4. The summed E-state index contributed by atoms with van der Waals surface area (Å²) in [5.41, 5.74) is 0. The maximum absolute atomic E-state index is 12.9. The Labute approximate surface area is 165 Å². The minimum Gasteiger partial charge on any atom is -0.353 e. The van der Waals surface area contributed by atoms with Crippen molar-refractivity contribution in [1.29, 1.82) is 0 Å². The summed E-state index contributed by atoms with van der Waals surface area (Å²) in [7, 11) is -3.39. The Balaban J connectivity index is 1.19. The van der Waals surface area contributed by atoms with Crippen molar-refractivity contribution in [1.82, 2.24) is 9.62 Å². The van der Waals surface area contributed by atoms with Crippen LogP contribution in [0.4, 0.5) is 0 Å². The van der Waals surface area contributed by atoms with Gasteiger partial charge >= 0.3 is 0 Å². The number of nitrogens with one attached hydrogen (secondary N) is 1. The third-order valence-corrected chi connectivity index (χ3v) is 10.7. The monoisotopic (exact) mass is 408 g/mol. The lowest BCUT2D eigenvalue weighted by Crippen LogP contribution is -2.57. The molecule has 1 amide bonds. The van der Waals surface area contributed by atoms with E-state index in [-0.39, 0.29) is 11.8 Å². The molecule has 6 rings (SSSR count). The molecule has 4 saturated carbocycles. The van der Waals surface area contributed by atoms with E-state index >= 15 is 0 Å². The first-order valence-corrected chi connectivity index (χ1v) is 12.7. The maximum Gasteiger partial charge on any atom is 0.252 e. The van der Waals surface area contributed by atoms with E-state index in [1.54, 1.807) is 21.8 Å². The SMILES string of the molecule is O=C(NC1C2CC3CC(C2)CC1C3)C1CCN(S(=O)(=O)c2cccs2)CC1. The molecule has 0 aromatic carbocycles. The normalized spacial score (nSPS) is 36.8. The van der Waals surface area contributed by atoms with Crippen LogP contribution < -0.4 is 5.32 Å². The molecular weight excluding hydrogens is 380 g/mol. The first kappa shape index (κ1) is 18.1. The molecule has 0 radical (unpaired) electrons. The fourth-order valence-electron chi connectivity index (χ4n) is 6.34. The summed E-state index contributed by atoms with van der Waals surface area (Å²) < 4.78 is 27.2. The van der Waals surface area contributed by atoms with E-state index in [0.29, 0.717) is 48.0 Å². The largest absolute Gasteiger partial charge is 0.353 e. The minimum atomic E-state index is -3.39. The van der Waals surface area contributed by atoms with Crippen LogP contribution in [0.1, 0.15) is 44.9 Å². The predicted octanol–water partition coefficient (Wildman–Crippen LogP) is 3.09. The molecule has 4 bridgehead atoms. The smallest absolute Gasteiger partial charge is 0.252 e. The van der Waals surface area contributed by atoms with Crippen LogP contribution in [-0.4, -0.2) is 37.8 Å². The highest BCUT2D eigenvalue weighted by Gasteiger charge is 2.49. The van der Waals surface area contributed by atoms with Crippen molar-refractivity contribution >= 4 is 27.3 Å². The Morgan fingerprint density at radius 2 is 1.67 bits per heavy atom. The van der Waals surface area contributed by atoms with Gasteiger partial charge in [-0.05, 0) is 80.1 Å². The Morgan fingerprint density at radius 1 is 1.04 bits per heavy atom. The first-order valence-electron chi connectivity index (χ1n) is 10.3. The van der Waals surface area contributed by atoms with E-state index in [2.05, 4.69) is 5.32 Å². The van der Waals surface area contributed by atoms with E-state index < -0.39 is 10.0 Å². The summed E-state index contributed by atoms with van der Waals surface area (Å²) >= 11 is 1.26. The summed E-state index contributed by atoms with van der Waals surface area (Å²) in [5.74, 6) is 3.31. The fourth-order valence-corrected chi connectivity index (χ4v) is 8.95. The van der Waals surface area contributed by atoms with Gasteiger partial charge in [-0.2, -0.15) is 4.31 Å². The molecule has 1 saturated heterocycles. The number of carbonyl (C=O) groups excluding carboxylic acids is 1. The van der Waals surface area contributed by atoms with Crippen LogP contribution in [0.15, 0.2) is 21.7 Å². The molecule has 148 valence electrons. The summed E-state index contributed by atoms with van der Waals surface area (Å²) in [4.78, 5) is 12.9. The predicted molar refractivity (Wildman–Crippen MR) is 105 cm³/mol. The Bertz CT molecular complexity index is 769. The molecule has 0 atom stereocenters. The molecule has 7 heteroatoms. The molecule has 5 fully saturated rings. The molecule has 5 aliphatic rings. The number of amides is 1. The lowest BCUT2D eigenvalue weighted by molar-refractivity contribution is -0.130. The van der Waals surface area contributed by atoms with Crippen LogP contribution >= 0.6 is 11.3 Å². The summed E-state index contributed by atoms with van der Waals surface area (Å²) in [6, 6.07) is 3.80. The number of rotatable bonds is 4. The van der Waals surface area contributed by atoms with Gasteiger partial charge in [-0.1, -0.05) is 6.07 Å². The van der Waals surface area contributed by atoms with Crippen molar-refractivity contribution in [2.45, 2.75) is 55.2 Å². The standard InChI is InChI=1S/C20H28N2O3S2/c23-20(21-19-16-9-13-8-14(11-16)12-17(19)10-13)15-3-5-22(6-4-15)27(24,25)18-2-1-7-26-18/h1-2,7,13-17,19H,3-6,8-12H2,(H,21,23). The lowest BCUT2D eigenvalue weighted by atomic mass is 9.54. The molecule has 2 heterocycles. The van der Waals surface area contributed by atoms with Crippen LogP contribution in [0, 0.1) is 29.6 Å². The highest BCUT2D eigenvalue weighted by atomic mass is 32.2. The van der Waals surface area contributed by atoms with Gasteiger partial charge in [0.05, 0.1) is 0 Å². The fraction of sp³-hybridized carbons (Fsp3) is 0.750. The minimum absolute atomic E-state index is 0.0445. The Hall–Kier alpha value is -0.920. The van der Waals surface area contributed by atoms with Gasteiger partial charge < -0.3 is 5.32 Å². The highest BCUT2D eigenvalue weighted by molar-refractivity contribution is 7.91.